The van der Waals surface area contributed by atoms with Crippen LogP contribution in [0.15, 0.2) is 24.3 Å². The summed E-state index contributed by atoms with van der Waals surface area (Å²) in [4.78, 5) is 2.17. The molecule has 0 bridgehead atoms. The number of rotatable bonds is 3. The van der Waals surface area contributed by atoms with E-state index in [0.717, 1.165) is 6.42 Å². The van der Waals surface area contributed by atoms with Crippen molar-refractivity contribution in [3.63, 3.8) is 0 Å². The molecule has 0 aliphatic carbocycles. The number of benzene rings is 1. The first-order valence-electron chi connectivity index (χ1n) is 4.07. The summed E-state index contributed by atoms with van der Waals surface area (Å²) in [6.07, 6.45) is 1.16. The highest BCUT2D eigenvalue weighted by molar-refractivity contribution is 14.1. The second-order valence-corrected chi connectivity index (χ2v) is 4.04. The largest absolute Gasteiger partial charge is 0.377 e. The molecule has 0 unspecified atom stereocenters. The molecule has 2 heteroatoms. The van der Waals surface area contributed by atoms with Gasteiger partial charge in [-0.15, -0.1) is 0 Å². The molecular weight excluding hydrogens is 261 g/mol. The Morgan fingerprint density at radius 2 is 1.92 bits per heavy atom. The summed E-state index contributed by atoms with van der Waals surface area (Å²) < 4.78 is 1.18. The second-order valence-electron chi connectivity index (χ2n) is 2.96. The quantitative estimate of drug-likeness (QED) is 0.605. The van der Waals surface area contributed by atoms with Gasteiger partial charge < -0.3 is 4.90 Å². The van der Waals surface area contributed by atoms with Crippen LogP contribution in [0.1, 0.15) is 5.56 Å². The summed E-state index contributed by atoms with van der Waals surface area (Å²) in [6, 6.07) is 8.57. The Hall–Kier alpha value is -0.250. The van der Waals surface area contributed by atoms with E-state index in [1.165, 1.54) is 15.7 Å². The molecule has 0 amide bonds. The normalized spacial score (nSPS) is 9.92. The molecule has 0 aliphatic rings. The van der Waals surface area contributed by atoms with Gasteiger partial charge in [-0.2, -0.15) is 0 Å². The summed E-state index contributed by atoms with van der Waals surface area (Å²) in [5, 5.41) is 0. The molecule has 66 valence electrons. The van der Waals surface area contributed by atoms with Gasteiger partial charge in [0.15, 0.2) is 0 Å². The smallest absolute Gasteiger partial charge is 0.0393 e. The molecular formula is C10H14IN. The minimum Gasteiger partial charge on any atom is -0.377 e. The Kier molecular flexibility index (Phi) is 3.85. The van der Waals surface area contributed by atoms with E-state index in [1.54, 1.807) is 0 Å². The molecule has 0 atom stereocenters. The number of para-hydroxylation sites is 1. The third kappa shape index (κ3) is 2.37. The van der Waals surface area contributed by atoms with Gasteiger partial charge in [0, 0.05) is 24.2 Å². The summed E-state index contributed by atoms with van der Waals surface area (Å²) in [7, 11) is 4.18. The third-order valence-electron chi connectivity index (χ3n) is 1.84. The number of halogens is 1. The Balaban J connectivity index is 2.92. The summed E-state index contributed by atoms with van der Waals surface area (Å²) in [6.45, 7) is 0. The van der Waals surface area contributed by atoms with Crippen LogP contribution in [0.25, 0.3) is 0 Å². The zero-order valence-corrected chi connectivity index (χ0v) is 9.71. The first-order valence-corrected chi connectivity index (χ1v) is 5.59. The zero-order chi connectivity index (χ0) is 8.97. The van der Waals surface area contributed by atoms with Gasteiger partial charge in [-0.05, 0) is 18.1 Å². The predicted molar refractivity (Wildman–Crippen MR) is 63.4 cm³/mol. The fourth-order valence-corrected chi connectivity index (χ4v) is 1.84. The van der Waals surface area contributed by atoms with Crippen molar-refractivity contribution >= 4 is 28.3 Å². The van der Waals surface area contributed by atoms with Crippen molar-refractivity contribution in [1.29, 1.82) is 0 Å². The van der Waals surface area contributed by atoms with Crippen molar-refractivity contribution in [2.24, 2.45) is 0 Å². The van der Waals surface area contributed by atoms with Crippen LogP contribution in [0.4, 0.5) is 5.69 Å². The maximum Gasteiger partial charge on any atom is 0.0393 e. The van der Waals surface area contributed by atoms with Crippen molar-refractivity contribution in [2.75, 3.05) is 23.4 Å². The lowest BCUT2D eigenvalue weighted by molar-refractivity contribution is 1.07. The van der Waals surface area contributed by atoms with Crippen molar-refractivity contribution < 1.29 is 0 Å². The number of alkyl halides is 1. The molecule has 1 nitrogen and oxygen atoms in total. The van der Waals surface area contributed by atoms with Crippen LogP contribution in [-0.2, 0) is 6.42 Å². The monoisotopic (exact) mass is 275 g/mol. The minimum absolute atomic E-state index is 1.16. The predicted octanol–water partition coefficient (Wildman–Crippen LogP) is 2.73. The molecule has 0 N–H and O–H groups in total. The van der Waals surface area contributed by atoms with E-state index in [-0.39, 0.29) is 0 Å². The standard InChI is InChI=1S/C10H14IN/c1-12(2)10-6-4-3-5-9(10)7-8-11/h3-6H,7-8H2,1-2H3. The van der Waals surface area contributed by atoms with Gasteiger partial charge in [0.05, 0.1) is 0 Å². The van der Waals surface area contributed by atoms with Gasteiger partial charge in [-0.25, -0.2) is 0 Å². The number of aryl methyl sites for hydroxylation is 1. The van der Waals surface area contributed by atoms with Crippen LogP contribution in [0.2, 0.25) is 0 Å². The first kappa shape index (κ1) is 9.84. The van der Waals surface area contributed by atoms with E-state index >= 15 is 0 Å². The van der Waals surface area contributed by atoms with E-state index in [4.69, 9.17) is 0 Å². The van der Waals surface area contributed by atoms with E-state index in [2.05, 4.69) is 65.9 Å². The zero-order valence-electron chi connectivity index (χ0n) is 7.55. The summed E-state index contributed by atoms with van der Waals surface area (Å²) >= 11 is 2.41. The van der Waals surface area contributed by atoms with Gasteiger partial charge in [-0.1, -0.05) is 40.8 Å². The minimum atomic E-state index is 1.16. The number of anilines is 1. The molecule has 1 aromatic carbocycles. The van der Waals surface area contributed by atoms with Gasteiger partial charge >= 0.3 is 0 Å². The van der Waals surface area contributed by atoms with Crippen molar-refractivity contribution in [2.45, 2.75) is 6.42 Å². The Morgan fingerprint density at radius 1 is 1.25 bits per heavy atom. The molecule has 0 saturated carbocycles. The van der Waals surface area contributed by atoms with E-state index < -0.39 is 0 Å². The van der Waals surface area contributed by atoms with Gasteiger partial charge in [0.2, 0.25) is 0 Å². The third-order valence-corrected chi connectivity index (χ3v) is 2.38. The Bertz CT molecular complexity index is 245. The van der Waals surface area contributed by atoms with Crippen LogP contribution >= 0.6 is 22.6 Å². The van der Waals surface area contributed by atoms with Gasteiger partial charge in [0.25, 0.3) is 0 Å². The Labute approximate surface area is 87.9 Å². The molecule has 1 rings (SSSR count). The lowest BCUT2D eigenvalue weighted by Crippen LogP contribution is -2.11. The van der Waals surface area contributed by atoms with E-state index in [9.17, 15) is 0 Å². The fraction of sp³-hybridized carbons (Fsp3) is 0.400. The SMILES string of the molecule is CN(C)c1ccccc1CCI. The molecule has 0 radical (unpaired) electrons. The highest BCUT2D eigenvalue weighted by atomic mass is 127. The van der Waals surface area contributed by atoms with Gasteiger partial charge in [-0.3, -0.25) is 0 Å². The molecule has 0 saturated heterocycles. The average Bonchev–Trinajstić information content (AvgIpc) is 2.05. The summed E-state index contributed by atoms with van der Waals surface area (Å²) in [5.74, 6) is 0. The molecule has 1 aromatic rings. The molecule has 0 aliphatic heterocycles. The maximum absolute atomic E-state index is 2.41. The fourth-order valence-electron chi connectivity index (χ4n) is 1.26. The maximum atomic E-state index is 2.41. The van der Waals surface area contributed by atoms with Crippen molar-refractivity contribution in [3.05, 3.63) is 29.8 Å². The molecule has 0 spiro atoms. The average molecular weight is 275 g/mol. The van der Waals surface area contributed by atoms with Crippen LogP contribution < -0.4 is 4.90 Å². The highest BCUT2D eigenvalue weighted by Gasteiger charge is 2.01. The number of nitrogens with zero attached hydrogens (tertiary/aromatic N) is 1. The Morgan fingerprint density at radius 3 is 2.50 bits per heavy atom. The van der Waals surface area contributed by atoms with E-state index in [1.807, 2.05) is 0 Å². The number of hydrogen-bond donors (Lipinski definition) is 0. The van der Waals surface area contributed by atoms with Gasteiger partial charge in [0.1, 0.15) is 0 Å². The van der Waals surface area contributed by atoms with E-state index in [0.29, 0.717) is 0 Å². The molecule has 12 heavy (non-hydrogen) atoms. The van der Waals surface area contributed by atoms with Crippen molar-refractivity contribution in [1.82, 2.24) is 0 Å². The number of hydrogen-bond acceptors (Lipinski definition) is 1. The lowest BCUT2D eigenvalue weighted by Gasteiger charge is -2.16. The molecule has 0 fully saturated rings. The topological polar surface area (TPSA) is 3.24 Å². The van der Waals surface area contributed by atoms with Crippen LogP contribution in [0.3, 0.4) is 0 Å². The van der Waals surface area contributed by atoms with Crippen LogP contribution in [0.5, 0.6) is 0 Å². The van der Waals surface area contributed by atoms with Crippen molar-refractivity contribution in [3.8, 4) is 0 Å². The second kappa shape index (κ2) is 4.70. The first-order chi connectivity index (χ1) is 5.75. The molecule has 0 aromatic heterocycles. The van der Waals surface area contributed by atoms with Crippen LogP contribution in [-0.4, -0.2) is 18.5 Å². The van der Waals surface area contributed by atoms with Crippen LogP contribution in [0, 0.1) is 0 Å². The lowest BCUT2D eigenvalue weighted by atomic mass is 10.1. The highest BCUT2D eigenvalue weighted by Crippen LogP contribution is 2.18. The summed E-state index contributed by atoms with van der Waals surface area (Å²) in [5.41, 5.74) is 2.78. The molecule has 0 heterocycles.